The predicted molar refractivity (Wildman–Crippen MR) is 161 cm³/mol. The third kappa shape index (κ3) is 8.32. The van der Waals surface area contributed by atoms with Gasteiger partial charge in [-0.15, -0.1) is 0 Å². The van der Waals surface area contributed by atoms with Gasteiger partial charge in [0, 0.05) is 5.41 Å². The topological polar surface area (TPSA) is 26.3 Å². The molecular weight excluding hydrogens is 452 g/mol. The van der Waals surface area contributed by atoms with Gasteiger partial charge in [-0.1, -0.05) is 129 Å². The normalized spacial score (nSPS) is 13.7. The lowest BCUT2D eigenvalue weighted by atomic mass is 9.75. The van der Waals surface area contributed by atoms with Crippen LogP contribution in [0.2, 0.25) is 0 Å². The summed E-state index contributed by atoms with van der Waals surface area (Å²) in [6.45, 7) is 14.0. The Balaban J connectivity index is 1.65. The monoisotopic (exact) mass is 502 g/mol. The first-order chi connectivity index (χ1) is 17.7. The molecule has 0 bridgehead atoms. The van der Waals surface area contributed by atoms with E-state index >= 15 is 0 Å². The molecule has 202 valence electrons. The number of rotatable bonds is 14. The minimum Gasteiger partial charge on any atom is -0.466 e. The number of unbranched alkanes of at least 4 members (excludes halogenated alkanes) is 7. The van der Waals surface area contributed by atoms with Gasteiger partial charge < -0.3 is 4.74 Å². The van der Waals surface area contributed by atoms with Crippen molar-refractivity contribution in [2.24, 2.45) is 0 Å². The molecule has 3 aromatic carbocycles. The number of ether oxygens (including phenoxy) is 1. The third-order valence-corrected chi connectivity index (χ3v) is 7.96. The van der Waals surface area contributed by atoms with Crippen molar-refractivity contribution in [1.29, 1.82) is 0 Å². The van der Waals surface area contributed by atoms with Crippen LogP contribution in [0.15, 0.2) is 48.5 Å². The maximum atomic E-state index is 12.8. The molecule has 0 aliphatic carbocycles. The number of hydrogen-bond acceptors (Lipinski definition) is 2. The number of esters is 1. The Labute approximate surface area is 226 Å². The molecule has 0 heterocycles. The lowest BCUT2D eigenvalue weighted by Gasteiger charge is -2.29. The summed E-state index contributed by atoms with van der Waals surface area (Å²) in [5.41, 5.74) is 2.51. The van der Waals surface area contributed by atoms with Gasteiger partial charge in [0.1, 0.15) is 0 Å². The van der Waals surface area contributed by atoms with Gasteiger partial charge in [0.25, 0.3) is 0 Å². The van der Waals surface area contributed by atoms with E-state index in [2.05, 4.69) is 90.1 Å². The molecule has 2 heteroatoms. The average Bonchev–Trinajstić information content (AvgIpc) is 2.85. The molecule has 0 saturated carbocycles. The van der Waals surface area contributed by atoms with E-state index in [1.54, 1.807) is 0 Å². The highest BCUT2D eigenvalue weighted by Crippen LogP contribution is 2.36. The zero-order valence-electron chi connectivity index (χ0n) is 24.4. The fraction of sp³-hybridized carbons (Fsp3) is 0.571. The lowest BCUT2D eigenvalue weighted by Crippen LogP contribution is -2.27. The van der Waals surface area contributed by atoms with Crippen LogP contribution in [-0.4, -0.2) is 12.6 Å². The van der Waals surface area contributed by atoms with Gasteiger partial charge in [-0.05, 0) is 63.1 Å². The number of carbonyl (C=O) groups is 1. The summed E-state index contributed by atoms with van der Waals surface area (Å²) in [6.07, 6.45) is 12.4. The Kier molecular flexibility index (Phi) is 10.6. The second-order valence-corrected chi connectivity index (χ2v) is 12.4. The highest BCUT2D eigenvalue weighted by molar-refractivity contribution is 5.98. The summed E-state index contributed by atoms with van der Waals surface area (Å²) in [5, 5.41) is 5.04. The second-order valence-electron chi connectivity index (χ2n) is 12.4. The largest absolute Gasteiger partial charge is 0.466 e. The smallest absolute Gasteiger partial charge is 0.306 e. The van der Waals surface area contributed by atoms with Gasteiger partial charge in [0.05, 0.1) is 13.0 Å². The molecule has 0 N–H and O–H groups in total. The molecule has 0 aliphatic heterocycles. The number of fused-ring (bicyclic) bond motifs is 2. The molecule has 3 rings (SSSR count). The molecular formula is C35H50O2. The average molecular weight is 503 g/mol. The molecule has 0 amide bonds. The molecule has 0 aliphatic rings. The summed E-state index contributed by atoms with van der Waals surface area (Å²) in [5.74, 6) is -0.0628. The Bertz CT molecular complexity index is 1150. The number of benzene rings is 3. The highest BCUT2D eigenvalue weighted by atomic mass is 16.5. The fourth-order valence-corrected chi connectivity index (χ4v) is 5.52. The van der Waals surface area contributed by atoms with Crippen molar-refractivity contribution in [3.8, 4) is 0 Å². The zero-order chi connectivity index (χ0) is 26.9. The molecule has 2 nitrogen and oxygen atoms in total. The molecule has 0 fully saturated rings. The van der Waals surface area contributed by atoms with Crippen LogP contribution >= 0.6 is 0 Å². The third-order valence-electron chi connectivity index (χ3n) is 7.96. The summed E-state index contributed by atoms with van der Waals surface area (Å²) >= 11 is 0. The summed E-state index contributed by atoms with van der Waals surface area (Å²) < 4.78 is 5.70. The van der Waals surface area contributed by atoms with E-state index in [0.717, 1.165) is 25.7 Å². The van der Waals surface area contributed by atoms with Crippen LogP contribution in [0.1, 0.15) is 123 Å². The van der Waals surface area contributed by atoms with Gasteiger partial charge in [-0.2, -0.15) is 0 Å². The summed E-state index contributed by atoms with van der Waals surface area (Å²) in [6, 6.07) is 18.2. The Morgan fingerprint density at radius 2 is 1.19 bits per heavy atom. The van der Waals surface area contributed by atoms with Crippen molar-refractivity contribution >= 4 is 27.5 Å². The molecule has 1 unspecified atom stereocenters. The Morgan fingerprint density at radius 3 is 1.76 bits per heavy atom. The van der Waals surface area contributed by atoms with E-state index in [-0.39, 0.29) is 16.8 Å². The molecule has 1 atom stereocenters. The van der Waals surface area contributed by atoms with Crippen molar-refractivity contribution < 1.29 is 9.53 Å². The van der Waals surface area contributed by atoms with E-state index in [0.29, 0.717) is 13.0 Å². The van der Waals surface area contributed by atoms with Gasteiger partial charge in [-0.25, -0.2) is 0 Å². The van der Waals surface area contributed by atoms with Crippen LogP contribution in [0.3, 0.4) is 0 Å². The molecule has 0 spiro atoms. The summed E-state index contributed by atoms with van der Waals surface area (Å²) in [4.78, 5) is 12.8. The van der Waals surface area contributed by atoms with Crippen LogP contribution < -0.4 is 0 Å². The number of carbonyl (C=O) groups excluding carboxylic acids is 1. The molecule has 3 aromatic rings. The van der Waals surface area contributed by atoms with Crippen LogP contribution in [0.25, 0.3) is 21.5 Å². The first-order valence-corrected chi connectivity index (χ1v) is 14.8. The Morgan fingerprint density at radius 1 is 0.649 bits per heavy atom. The van der Waals surface area contributed by atoms with E-state index in [1.807, 2.05) is 0 Å². The maximum absolute atomic E-state index is 12.8. The van der Waals surface area contributed by atoms with Crippen LogP contribution in [0.5, 0.6) is 0 Å². The van der Waals surface area contributed by atoms with Crippen molar-refractivity contribution in [2.75, 3.05) is 6.61 Å². The van der Waals surface area contributed by atoms with Crippen molar-refractivity contribution in [3.05, 3.63) is 59.7 Å². The van der Waals surface area contributed by atoms with Crippen molar-refractivity contribution in [2.45, 2.75) is 123 Å². The highest BCUT2D eigenvalue weighted by Gasteiger charge is 2.30. The molecule has 37 heavy (non-hydrogen) atoms. The minimum atomic E-state index is -0.218. The SMILES string of the molecule is CCCCCCCCCCOC(=O)CC(C)(CCC)c1ccc2cc3cc(C(C)(C)C)ccc3cc2c1. The van der Waals surface area contributed by atoms with Gasteiger partial charge in [0.2, 0.25) is 0 Å². The van der Waals surface area contributed by atoms with Crippen LogP contribution in [-0.2, 0) is 20.4 Å². The van der Waals surface area contributed by atoms with Crippen LogP contribution in [0.4, 0.5) is 0 Å². The molecule has 0 radical (unpaired) electrons. The van der Waals surface area contributed by atoms with E-state index in [4.69, 9.17) is 4.74 Å². The van der Waals surface area contributed by atoms with Crippen molar-refractivity contribution in [1.82, 2.24) is 0 Å². The maximum Gasteiger partial charge on any atom is 0.306 e. The number of hydrogen-bond donors (Lipinski definition) is 0. The first-order valence-electron chi connectivity index (χ1n) is 14.8. The van der Waals surface area contributed by atoms with Gasteiger partial charge in [-0.3, -0.25) is 4.79 Å². The van der Waals surface area contributed by atoms with Gasteiger partial charge >= 0.3 is 5.97 Å². The van der Waals surface area contributed by atoms with Gasteiger partial charge in [0.15, 0.2) is 0 Å². The lowest BCUT2D eigenvalue weighted by molar-refractivity contribution is -0.145. The molecule has 0 aromatic heterocycles. The first kappa shape index (κ1) is 29.2. The zero-order valence-corrected chi connectivity index (χ0v) is 24.4. The van der Waals surface area contributed by atoms with E-state index in [1.165, 1.54) is 71.2 Å². The van der Waals surface area contributed by atoms with Crippen molar-refractivity contribution in [3.63, 3.8) is 0 Å². The predicted octanol–water partition coefficient (Wildman–Crippen LogP) is 10.4. The molecule has 0 saturated heterocycles. The Hall–Kier alpha value is -2.35. The standard InChI is InChI=1S/C35H50O2/c1-7-9-10-11-12-13-14-15-21-37-33(36)26-35(6,20-8-2)32-19-17-28-22-29-24-31(34(3,4)5)18-16-27(29)23-30(28)25-32/h16-19,22-25H,7-15,20-21,26H2,1-6H3. The second kappa shape index (κ2) is 13.4. The minimum absolute atomic E-state index is 0.0628. The van der Waals surface area contributed by atoms with E-state index < -0.39 is 0 Å². The van der Waals surface area contributed by atoms with E-state index in [9.17, 15) is 4.79 Å². The summed E-state index contributed by atoms with van der Waals surface area (Å²) in [7, 11) is 0. The fourth-order valence-electron chi connectivity index (χ4n) is 5.52. The van der Waals surface area contributed by atoms with Crippen LogP contribution in [0, 0.1) is 0 Å². The quantitative estimate of drug-likeness (QED) is 0.124.